The van der Waals surface area contributed by atoms with E-state index in [-0.39, 0.29) is 5.91 Å². The van der Waals surface area contributed by atoms with E-state index in [4.69, 9.17) is 0 Å². The number of nitrogens with one attached hydrogen (secondary N) is 2. The fourth-order valence-electron chi connectivity index (χ4n) is 2.77. The van der Waals surface area contributed by atoms with Crippen molar-refractivity contribution in [2.45, 2.75) is 45.1 Å². The molecule has 19 heavy (non-hydrogen) atoms. The standard InChI is InChI=1S/C15H23N3O/c1-3-11-6-8-12(9-7-11)18-15(19)13-5-4-10-17-14(13)16-2/h4-5,10-12H,3,6-9H2,1-2H3,(H,16,17)(H,18,19). The summed E-state index contributed by atoms with van der Waals surface area (Å²) in [6, 6.07) is 3.93. The summed E-state index contributed by atoms with van der Waals surface area (Å²) in [5.74, 6) is 1.47. The van der Waals surface area contributed by atoms with Gasteiger partial charge in [-0.15, -0.1) is 0 Å². The van der Waals surface area contributed by atoms with E-state index < -0.39 is 0 Å². The molecule has 1 aromatic heterocycles. The van der Waals surface area contributed by atoms with Crippen molar-refractivity contribution in [1.29, 1.82) is 0 Å². The molecule has 4 nitrogen and oxygen atoms in total. The Morgan fingerprint density at radius 1 is 1.37 bits per heavy atom. The molecule has 0 aromatic carbocycles. The van der Waals surface area contributed by atoms with E-state index in [9.17, 15) is 4.79 Å². The zero-order valence-corrected chi connectivity index (χ0v) is 11.8. The molecule has 4 heteroatoms. The second kappa shape index (κ2) is 6.55. The molecular formula is C15H23N3O. The lowest BCUT2D eigenvalue weighted by Gasteiger charge is -2.28. The maximum atomic E-state index is 12.3. The van der Waals surface area contributed by atoms with Crippen LogP contribution < -0.4 is 10.6 Å². The van der Waals surface area contributed by atoms with Crippen molar-refractivity contribution in [2.24, 2.45) is 5.92 Å². The summed E-state index contributed by atoms with van der Waals surface area (Å²) in [6.07, 6.45) is 7.60. The number of anilines is 1. The smallest absolute Gasteiger partial charge is 0.255 e. The fourth-order valence-corrected chi connectivity index (χ4v) is 2.77. The molecule has 2 rings (SSSR count). The van der Waals surface area contributed by atoms with E-state index in [2.05, 4.69) is 22.5 Å². The highest BCUT2D eigenvalue weighted by atomic mass is 16.1. The maximum Gasteiger partial charge on any atom is 0.255 e. The van der Waals surface area contributed by atoms with Crippen LogP contribution in [0, 0.1) is 5.92 Å². The van der Waals surface area contributed by atoms with Gasteiger partial charge in [-0.3, -0.25) is 4.79 Å². The van der Waals surface area contributed by atoms with Crippen molar-refractivity contribution in [1.82, 2.24) is 10.3 Å². The van der Waals surface area contributed by atoms with Gasteiger partial charge in [-0.2, -0.15) is 0 Å². The van der Waals surface area contributed by atoms with E-state index in [0.29, 0.717) is 17.4 Å². The highest BCUT2D eigenvalue weighted by Crippen LogP contribution is 2.26. The Bertz CT molecular complexity index is 425. The predicted molar refractivity (Wildman–Crippen MR) is 77.3 cm³/mol. The minimum Gasteiger partial charge on any atom is -0.372 e. The van der Waals surface area contributed by atoms with E-state index in [1.165, 1.54) is 19.3 Å². The first-order valence-electron chi connectivity index (χ1n) is 7.18. The highest BCUT2D eigenvalue weighted by molar-refractivity contribution is 5.98. The molecule has 1 aromatic rings. The SMILES string of the molecule is CCC1CCC(NC(=O)c2cccnc2NC)CC1. The lowest BCUT2D eigenvalue weighted by atomic mass is 9.84. The topological polar surface area (TPSA) is 54.0 Å². The lowest BCUT2D eigenvalue weighted by Crippen LogP contribution is -2.37. The molecule has 1 aliphatic rings. The van der Waals surface area contributed by atoms with E-state index in [0.717, 1.165) is 18.8 Å². The Morgan fingerprint density at radius 3 is 2.74 bits per heavy atom. The van der Waals surface area contributed by atoms with E-state index >= 15 is 0 Å². The molecule has 0 unspecified atom stereocenters. The number of hydrogen-bond donors (Lipinski definition) is 2. The second-order valence-electron chi connectivity index (χ2n) is 5.25. The van der Waals surface area contributed by atoms with E-state index in [1.807, 2.05) is 6.07 Å². The lowest BCUT2D eigenvalue weighted by molar-refractivity contribution is 0.0922. The summed E-state index contributed by atoms with van der Waals surface area (Å²) >= 11 is 0. The third-order valence-corrected chi connectivity index (χ3v) is 4.05. The summed E-state index contributed by atoms with van der Waals surface area (Å²) in [6.45, 7) is 2.25. The monoisotopic (exact) mass is 261 g/mol. The third-order valence-electron chi connectivity index (χ3n) is 4.05. The van der Waals surface area contributed by atoms with Crippen LogP contribution in [0.5, 0.6) is 0 Å². The Hall–Kier alpha value is -1.58. The normalized spacial score (nSPS) is 22.8. The number of nitrogens with zero attached hydrogens (tertiary/aromatic N) is 1. The number of rotatable bonds is 4. The van der Waals surface area contributed by atoms with Gasteiger partial charge in [0.25, 0.3) is 5.91 Å². The van der Waals surface area contributed by atoms with Gasteiger partial charge in [0.05, 0.1) is 5.56 Å². The minimum atomic E-state index is -0.0163. The Kier molecular flexibility index (Phi) is 4.77. The van der Waals surface area contributed by atoms with Gasteiger partial charge in [0.1, 0.15) is 5.82 Å². The number of carbonyl (C=O) groups excluding carboxylic acids is 1. The Morgan fingerprint density at radius 2 is 2.11 bits per heavy atom. The maximum absolute atomic E-state index is 12.3. The quantitative estimate of drug-likeness (QED) is 0.876. The average molecular weight is 261 g/mol. The molecule has 1 saturated carbocycles. The molecule has 2 N–H and O–H groups in total. The Labute approximate surface area is 115 Å². The van der Waals surface area contributed by atoms with Gasteiger partial charge < -0.3 is 10.6 Å². The van der Waals surface area contributed by atoms with Crippen molar-refractivity contribution in [3.05, 3.63) is 23.9 Å². The summed E-state index contributed by atoms with van der Waals surface area (Å²) in [5.41, 5.74) is 0.627. The van der Waals surface area contributed by atoms with Crippen LogP contribution in [0.3, 0.4) is 0 Å². The van der Waals surface area contributed by atoms with Crippen LogP contribution in [0.2, 0.25) is 0 Å². The fraction of sp³-hybridized carbons (Fsp3) is 0.600. The molecule has 0 radical (unpaired) electrons. The Balaban J connectivity index is 1.94. The summed E-state index contributed by atoms with van der Waals surface area (Å²) in [4.78, 5) is 16.4. The average Bonchev–Trinajstić information content (AvgIpc) is 2.48. The van der Waals surface area contributed by atoms with E-state index in [1.54, 1.807) is 19.3 Å². The van der Waals surface area contributed by atoms with Gasteiger partial charge in [-0.05, 0) is 43.7 Å². The summed E-state index contributed by atoms with van der Waals surface area (Å²) in [5, 5.41) is 6.09. The molecule has 104 valence electrons. The van der Waals surface area contributed by atoms with Crippen LogP contribution >= 0.6 is 0 Å². The molecule has 0 aliphatic heterocycles. The van der Waals surface area contributed by atoms with Crippen LogP contribution in [0.4, 0.5) is 5.82 Å². The summed E-state index contributed by atoms with van der Waals surface area (Å²) < 4.78 is 0. The molecule has 1 aliphatic carbocycles. The third kappa shape index (κ3) is 3.46. The van der Waals surface area contributed by atoms with Crippen LogP contribution in [-0.2, 0) is 0 Å². The number of carbonyl (C=O) groups is 1. The number of hydrogen-bond acceptors (Lipinski definition) is 3. The van der Waals surface area contributed by atoms with Crippen molar-refractivity contribution in [3.8, 4) is 0 Å². The molecule has 0 saturated heterocycles. The van der Waals surface area contributed by atoms with Crippen LogP contribution in [0.25, 0.3) is 0 Å². The second-order valence-corrected chi connectivity index (χ2v) is 5.25. The van der Waals surface area contributed by atoms with Gasteiger partial charge in [0.2, 0.25) is 0 Å². The van der Waals surface area contributed by atoms with Crippen molar-refractivity contribution in [2.75, 3.05) is 12.4 Å². The first-order chi connectivity index (χ1) is 9.24. The van der Waals surface area contributed by atoms with Crippen LogP contribution in [-0.4, -0.2) is 24.0 Å². The predicted octanol–water partition coefficient (Wildman–Crippen LogP) is 2.82. The van der Waals surface area contributed by atoms with Gasteiger partial charge in [0.15, 0.2) is 0 Å². The molecule has 0 bridgehead atoms. The zero-order chi connectivity index (χ0) is 13.7. The van der Waals surface area contributed by atoms with Crippen molar-refractivity contribution >= 4 is 11.7 Å². The molecule has 0 spiro atoms. The zero-order valence-electron chi connectivity index (χ0n) is 11.8. The first-order valence-corrected chi connectivity index (χ1v) is 7.18. The molecular weight excluding hydrogens is 238 g/mol. The number of amides is 1. The molecule has 0 atom stereocenters. The molecule has 1 heterocycles. The summed E-state index contributed by atoms with van der Waals surface area (Å²) in [7, 11) is 1.78. The van der Waals surface area contributed by atoms with Crippen LogP contribution in [0.1, 0.15) is 49.4 Å². The highest BCUT2D eigenvalue weighted by Gasteiger charge is 2.22. The molecule has 1 amide bonds. The van der Waals surface area contributed by atoms with Gasteiger partial charge in [-0.25, -0.2) is 4.98 Å². The van der Waals surface area contributed by atoms with Gasteiger partial charge in [-0.1, -0.05) is 13.3 Å². The largest absolute Gasteiger partial charge is 0.372 e. The van der Waals surface area contributed by atoms with Crippen LogP contribution in [0.15, 0.2) is 18.3 Å². The van der Waals surface area contributed by atoms with Crippen molar-refractivity contribution in [3.63, 3.8) is 0 Å². The minimum absolute atomic E-state index is 0.0163. The number of pyridine rings is 1. The first kappa shape index (κ1) is 13.8. The number of aromatic nitrogens is 1. The molecule has 1 fully saturated rings. The van der Waals surface area contributed by atoms with Gasteiger partial charge in [0, 0.05) is 19.3 Å². The van der Waals surface area contributed by atoms with Gasteiger partial charge >= 0.3 is 0 Å². The van der Waals surface area contributed by atoms with Crippen molar-refractivity contribution < 1.29 is 4.79 Å².